The SMILES string of the molecule is CCOC(=O)c1c(NC(=O)[C@@H](C)Sc2nnc3ccccn23)sc2c1CCCC2. The van der Waals surface area contributed by atoms with Gasteiger partial charge in [0.25, 0.3) is 0 Å². The van der Waals surface area contributed by atoms with E-state index in [0.717, 1.165) is 36.9 Å². The normalized spacial score (nSPS) is 14.4. The van der Waals surface area contributed by atoms with Gasteiger partial charge in [-0.2, -0.15) is 0 Å². The lowest BCUT2D eigenvalue weighted by atomic mass is 9.95. The van der Waals surface area contributed by atoms with Crippen LogP contribution in [0.15, 0.2) is 29.6 Å². The van der Waals surface area contributed by atoms with Crippen molar-refractivity contribution in [2.45, 2.75) is 49.9 Å². The molecule has 0 aliphatic heterocycles. The molecule has 0 fully saturated rings. The van der Waals surface area contributed by atoms with Crippen molar-refractivity contribution in [3.05, 3.63) is 40.4 Å². The van der Waals surface area contributed by atoms with Crippen LogP contribution < -0.4 is 5.32 Å². The molecule has 152 valence electrons. The van der Waals surface area contributed by atoms with E-state index in [1.807, 2.05) is 35.7 Å². The zero-order valence-electron chi connectivity index (χ0n) is 16.3. The summed E-state index contributed by atoms with van der Waals surface area (Å²) in [6.45, 7) is 3.92. The molecule has 0 bridgehead atoms. The van der Waals surface area contributed by atoms with Gasteiger partial charge < -0.3 is 10.1 Å². The molecule has 3 heterocycles. The van der Waals surface area contributed by atoms with Crippen LogP contribution >= 0.6 is 23.1 Å². The maximum absolute atomic E-state index is 12.9. The van der Waals surface area contributed by atoms with Gasteiger partial charge >= 0.3 is 5.97 Å². The van der Waals surface area contributed by atoms with Crippen LogP contribution in [0.5, 0.6) is 0 Å². The second-order valence-electron chi connectivity index (χ2n) is 6.80. The van der Waals surface area contributed by atoms with Crippen LogP contribution in [0.2, 0.25) is 0 Å². The highest BCUT2D eigenvalue weighted by Gasteiger charge is 2.28. The van der Waals surface area contributed by atoms with Gasteiger partial charge in [-0.25, -0.2) is 4.79 Å². The van der Waals surface area contributed by atoms with Gasteiger partial charge in [0.05, 0.1) is 17.4 Å². The fraction of sp³-hybridized carbons (Fsp3) is 0.400. The third-order valence-electron chi connectivity index (χ3n) is 4.82. The first-order valence-electron chi connectivity index (χ1n) is 9.67. The van der Waals surface area contributed by atoms with Crippen LogP contribution in [-0.4, -0.2) is 38.3 Å². The van der Waals surface area contributed by atoms with E-state index in [4.69, 9.17) is 4.74 Å². The number of amides is 1. The molecule has 0 saturated carbocycles. The summed E-state index contributed by atoms with van der Waals surface area (Å²) in [5.74, 6) is -0.530. The molecule has 1 atom stereocenters. The number of nitrogens with one attached hydrogen (secondary N) is 1. The van der Waals surface area contributed by atoms with Gasteiger partial charge in [0.15, 0.2) is 10.8 Å². The first-order chi connectivity index (χ1) is 14.1. The van der Waals surface area contributed by atoms with Crippen molar-refractivity contribution in [1.29, 1.82) is 0 Å². The Labute approximate surface area is 176 Å². The van der Waals surface area contributed by atoms with Crippen molar-refractivity contribution in [1.82, 2.24) is 14.6 Å². The standard InChI is InChI=1S/C20H22N4O3S2/c1-3-27-19(26)16-13-8-4-5-9-14(13)29-18(16)21-17(25)12(2)28-20-23-22-15-10-6-7-11-24(15)20/h6-7,10-12H,3-5,8-9H2,1-2H3,(H,21,25)/t12-/m1/s1. The Bertz CT molecular complexity index is 1060. The van der Waals surface area contributed by atoms with Gasteiger partial charge in [-0.1, -0.05) is 17.8 Å². The molecule has 1 aliphatic rings. The molecule has 4 rings (SSSR count). The number of rotatable bonds is 6. The van der Waals surface area contributed by atoms with Crippen molar-refractivity contribution in [3.63, 3.8) is 0 Å². The molecule has 0 aromatic carbocycles. The summed E-state index contributed by atoms with van der Waals surface area (Å²) in [6.07, 6.45) is 5.82. The van der Waals surface area contributed by atoms with Crippen LogP contribution in [0.25, 0.3) is 5.65 Å². The number of carbonyl (C=O) groups excluding carboxylic acids is 2. The number of pyridine rings is 1. The largest absolute Gasteiger partial charge is 0.462 e. The number of hydrogen-bond acceptors (Lipinski definition) is 7. The number of fused-ring (bicyclic) bond motifs is 2. The third kappa shape index (κ3) is 4.02. The van der Waals surface area contributed by atoms with E-state index in [2.05, 4.69) is 15.5 Å². The number of thioether (sulfide) groups is 1. The molecule has 0 unspecified atom stereocenters. The van der Waals surface area contributed by atoms with Crippen LogP contribution in [0, 0.1) is 0 Å². The summed E-state index contributed by atoms with van der Waals surface area (Å²) >= 11 is 2.83. The minimum absolute atomic E-state index is 0.174. The number of aryl methyl sites for hydroxylation is 1. The van der Waals surface area contributed by atoms with Crippen LogP contribution in [-0.2, 0) is 22.4 Å². The average Bonchev–Trinajstić information content (AvgIpc) is 3.29. The number of hydrogen-bond donors (Lipinski definition) is 1. The second kappa shape index (κ2) is 8.54. The lowest BCUT2D eigenvalue weighted by Gasteiger charge is -2.13. The molecule has 0 radical (unpaired) electrons. The summed E-state index contributed by atoms with van der Waals surface area (Å²) in [5.41, 5.74) is 2.31. The lowest BCUT2D eigenvalue weighted by Crippen LogP contribution is -2.23. The topological polar surface area (TPSA) is 85.6 Å². The molecule has 1 aliphatic carbocycles. The number of aromatic nitrogens is 3. The summed E-state index contributed by atoms with van der Waals surface area (Å²) in [5, 5.41) is 12.1. The zero-order valence-corrected chi connectivity index (χ0v) is 17.9. The Balaban J connectivity index is 1.54. The molecule has 0 spiro atoms. The van der Waals surface area contributed by atoms with E-state index in [0.29, 0.717) is 22.3 Å². The van der Waals surface area contributed by atoms with Gasteiger partial charge in [0.1, 0.15) is 5.00 Å². The average molecular weight is 431 g/mol. The van der Waals surface area contributed by atoms with E-state index in [9.17, 15) is 9.59 Å². The minimum atomic E-state index is -0.406. The Morgan fingerprint density at radius 3 is 2.97 bits per heavy atom. The van der Waals surface area contributed by atoms with Gasteiger partial charge in [-0.05, 0) is 57.2 Å². The zero-order chi connectivity index (χ0) is 20.4. The second-order valence-corrected chi connectivity index (χ2v) is 9.21. The van der Waals surface area contributed by atoms with Gasteiger partial charge in [-0.15, -0.1) is 21.5 Å². The van der Waals surface area contributed by atoms with Gasteiger partial charge in [0, 0.05) is 11.1 Å². The molecular weight excluding hydrogens is 408 g/mol. The fourth-order valence-corrected chi connectivity index (χ4v) is 5.52. The smallest absolute Gasteiger partial charge is 0.341 e. The van der Waals surface area contributed by atoms with Crippen molar-refractivity contribution < 1.29 is 14.3 Å². The first kappa shape index (κ1) is 19.9. The molecule has 9 heteroatoms. The van der Waals surface area contributed by atoms with Crippen LogP contribution in [0.4, 0.5) is 5.00 Å². The van der Waals surface area contributed by atoms with Crippen LogP contribution in [0.1, 0.15) is 47.5 Å². The summed E-state index contributed by atoms with van der Waals surface area (Å²) in [6, 6.07) is 5.65. The Morgan fingerprint density at radius 2 is 2.14 bits per heavy atom. The summed E-state index contributed by atoms with van der Waals surface area (Å²) in [4.78, 5) is 26.6. The van der Waals surface area contributed by atoms with E-state index >= 15 is 0 Å². The number of anilines is 1. The van der Waals surface area contributed by atoms with Gasteiger partial charge in [-0.3, -0.25) is 9.20 Å². The van der Waals surface area contributed by atoms with E-state index in [1.54, 1.807) is 6.92 Å². The molecule has 0 saturated heterocycles. The quantitative estimate of drug-likeness (QED) is 0.471. The number of esters is 1. The minimum Gasteiger partial charge on any atom is -0.462 e. The number of carbonyl (C=O) groups is 2. The maximum atomic E-state index is 12.9. The molecule has 7 nitrogen and oxygen atoms in total. The van der Waals surface area contributed by atoms with Crippen molar-refractivity contribution in [2.75, 3.05) is 11.9 Å². The Morgan fingerprint density at radius 1 is 1.31 bits per heavy atom. The van der Waals surface area contributed by atoms with Crippen LogP contribution in [0.3, 0.4) is 0 Å². The van der Waals surface area contributed by atoms with Crippen molar-refractivity contribution in [2.24, 2.45) is 0 Å². The highest BCUT2D eigenvalue weighted by molar-refractivity contribution is 8.00. The first-order valence-corrected chi connectivity index (χ1v) is 11.4. The molecule has 3 aromatic heterocycles. The van der Waals surface area contributed by atoms with E-state index < -0.39 is 5.25 Å². The van der Waals surface area contributed by atoms with E-state index in [-0.39, 0.29) is 11.9 Å². The fourth-order valence-electron chi connectivity index (χ4n) is 3.40. The lowest BCUT2D eigenvalue weighted by molar-refractivity contribution is -0.115. The molecule has 1 amide bonds. The predicted octanol–water partition coefficient (Wildman–Crippen LogP) is 3.97. The molecule has 3 aromatic rings. The molecular formula is C20H22N4O3S2. The summed E-state index contributed by atoms with van der Waals surface area (Å²) in [7, 11) is 0. The van der Waals surface area contributed by atoms with Crippen molar-refractivity contribution >= 4 is 45.6 Å². The maximum Gasteiger partial charge on any atom is 0.341 e. The monoisotopic (exact) mass is 430 g/mol. The third-order valence-corrected chi connectivity index (χ3v) is 7.09. The number of nitrogens with zero attached hydrogens (tertiary/aromatic N) is 3. The predicted molar refractivity (Wildman–Crippen MR) is 114 cm³/mol. The van der Waals surface area contributed by atoms with Crippen molar-refractivity contribution in [3.8, 4) is 0 Å². The van der Waals surface area contributed by atoms with Gasteiger partial charge in [0.2, 0.25) is 5.91 Å². The molecule has 1 N–H and O–H groups in total. The Hall–Kier alpha value is -2.39. The van der Waals surface area contributed by atoms with E-state index in [1.165, 1.54) is 28.0 Å². The number of ether oxygens (including phenoxy) is 1. The molecule has 29 heavy (non-hydrogen) atoms. The highest BCUT2D eigenvalue weighted by Crippen LogP contribution is 2.39. The number of thiophene rings is 1. The highest BCUT2D eigenvalue weighted by atomic mass is 32.2. The summed E-state index contributed by atoms with van der Waals surface area (Å²) < 4.78 is 7.11. The Kier molecular flexibility index (Phi) is 5.86.